The molecule has 0 saturated heterocycles. The maximum atomic E-state index is 4.25. The van der Waals surface area contributed by atoms with E-state index in [1.54, 1.807) is 14.1 Å². The molecule has 2 rings (SSSR count). The molecule has 0 radical (unpaired) electrons. The van der Waals surface area contributed by atoms with Crippen LogP contribution in [0.15, 0.2) is 3.34 Å². The average Bonchev–Trinajstić information content (AvgIpc) is 2.58. The first kappa shape index (κ1) is 26.7. The number of nitrogens with zero attached hydrogens (tertiary/aromatic N) is 2. The zero-order chi connectivity index (χ0) is 18.8. The predicted molar refractivity (Wildman–Crippen MR) is 106 cm³/mol. The van der Waals surface area contributed by atoms with E-state index in [-0.39, 0.29) is 5.54 Å². The van der Waals surface area contributed by atoms with Crippen LogP contribution in [0.5, 0.6) is 0 Å². The van der Waals surface area contributed by atoms with Crippen LogP contribution in [0.25, 0.3) is 5.32 Å². The minimum absolute atomic E-state index is 0.258. The maximum absolute atomic E-state index is 4.25. The zero-order valence-corrected chi connectivity index (χ0v) is 20.7. The second-order valence-corrected chi connectivity index (χ2v) is 8.53. The van der Waals surface area contributed by atoms with E-state index in [2.05, 4.69) is 56.1 Å². The van der Waals surface area contributed by atoms with Gasteiger partial charge < -0.3 is 18.2 Å². The van der Waals surface area contributed by atoms with E-state index in [9.17, 15) is 0 Å². The minimum Gasteiger partial charge on any atom is -0.668 e. The van der Waals surface area contributed by atoms with E-state index in [0.717, 1.165) is 39.1 Å². The minimum atomic E-state index is 0.258. The Balaban J connectivity index is 0. The van der Waals surface area contributed by atoms with Gasteiger partial charge in [-0.15, -0.1) is 0 Å². The quantitative estimate of drug-likeness (QED) is 0.352. The van der Waals surface area contributed by atoms with Gasteiger partial charge in [-0.05, 0) is 11.8 Å². The Kier molecular flexibility index (Phi) is 20.4. The molecule has 2 fully saturated rings. The molecule has 2 aliphatic carbocycles. The van der Waals surface area contributed by atoms with Crippen molar-refractivity contribution >= 4 is 0 Å². The SMILES string of the molecule is CC1CC[CH-]CC1.CC1CC[CH-]CC1.CCC(C)(C)[N]=[Ta].C[N-]C. The third-order valence-corrected chi connectivity index (χ3v) is 6.54. The number of hydrogen-bond donors (Lipinski definition) is 0. The second-order valence-electron chi connectivity index (χ2n) is 7.81. The summed E-state index contributed by atoms with van der Waals surface area (Å²) in [5.74, 6) is 2.01. The molecule has 3 heteroatoms. The largest absolute Gasteiger partial charge is 0.668 e. The van der Waals surface area contributed by atoms with Gasteiger partial charge in [-0.25, -0.2) is 0 Å². The summed E-state index contributed by atoms with van der Waals surface area (Å²) >= 11 is 1.16. The summed E-state index contributed by atoms with van der Waals surface area (Å²) in [7, 11) is 3.50. The van der Waals surface area contributed by atoms with Crippen LogP contribution in [0.1, 0.15) is 92.4 Å². The van der Waals surface area contributed by atoms with Crippen molar-refractivity contribution in [1.82, 2.24) is 0 Å². The molecule has 24 heavy (non-hydrogen) atoms. The second kappa shape index (κ2) is 18.3. The Bertz CT molecular complexity index is 239. The van der Waals surface area contributed by atoms with E-state index < -0.39 is 0 Å². The van der Waals surface area contributed by atoms with Crippen LogP contribution < -0.4 is 0 Å². The third-order valence-electron chi connectivity index (χ3n) is 4.59. The molecule has 2 aliphatic rings. The molecule has 2 nitrogen and oxygen atoms in total. The fourth-order valence-corrected chi connectivity index (χ4v) is 2.77. The van der Waals surface area contributed by atoms with Crippen LogP contribution in [-0.4, -0.2) is 19.6 Å². The molecule has 0 spiro atoms. The van der Waals surface area contributed by atoms with Crippen LogP contribution in [0.4, 0.5) is 0 Å². The third kappa shape index (κ3) is 20.5. The Morgan fingerprint density at radius 3 is 1.29 bits per heavy atom. The molecule has 0 aromatic rings. The average molecular weight is 505 g/mol. The fraction of sp³-hybridized carbons (Fsp3) is 0.905. The van der Waals surface area contributed by atoms with Gasteiger partial charge in [-0.1, -0.05) is 39.5 Å². The molecule has 0 aromatic heterocycles. The van der Waals surface area contributed by atoms with E-state index in [0.29, 0.717) is 0 Å². The molecule has 0 atom stereocenters. The maximum Gasteiger partial charge on any atom is -0.162 e. The molecular formula is C21H43N2Ta-3. The van der Waals surface area contributed by atoms with Crippen molar-refractivity contribution in [3.8, 4) is 0 Å². The van der Waals surface area contributed by atoms with Gasteiger partial charge in [0.25, 0.3) is 0 Å². The summed E-state index contributed by atoms with van der Waals surface area (Å²) in [5, 5.41) is 3.50. The zero-order valence-electron chi connectivity index (χ0n) is 17.5. The predicted octanol–water partition coefficient (Wildman–Crippen LogP) is 7.33. The molecule has 0 heterocycles. The standard InChI is InChI=1S/2C7H13.C5H11N.C2H6N.Ta/c2*1-7-5-3-2-4-6-7;1-4-5(2,3)6;1-3-2;/h2*2,7H,3-6H2,1H3;4H2,1-3H3;1-2H3;/q2*-1;;-1;. The van der Waals surface area contributed by atoms with Crippen LogP contribution in [-0.2, 0) is 20.9 Å². The molecule has 0 amide bonds. The van der Waals surface area contributed by atoms with E-state index in [1.165, 1.54) is 51.4 Å². The van der Waals surface area contributed by atoms with Crippen molar-refractivity contribution in [2.75, 3.05) is 14.1 Å². The number of hydrogen-bond acceptors (Lipinski definition) is 1. The van der Waals surface area contributed by atoms with E-state index in [1.807, 2.05) is 0 Å². The normalized spacial score (nSPS) is 18.8. The van der Waals surface area contributed by atoms with Gasteiger partial charge in [0.15, 0.2) is 0 Å². The van der Waals surface area contributed by atoms with E-state index in [4.69, 9.17) is 0 Å². The molecule has 0 aromatic carbocycles. The van der Waals surface area contributed by atoms with Crippen molar-refractivity contribution in [3.63, 3.8) is 0 Å². The van der Waals surface area contributed by atoms with Crippen LogP contribution in [0.2, 0.25) is 0 Å². The Morgan fingerprint density at radius 1 is 0.917 bits per heavy atom. The van der Waals surface area contributed by atoms with Gasteiger partial charge in [0.2, 0.25) is 0 Å². The van der Waals surface area contributed by atoms with Gasteiger partial charge in [0.1, 0.15) is 0 Å². The van der Waals surface area contributed by atoms with Gasteiger partial charge in [-0.3, -0.25) is 0 Å². The summed E-state index contributed by atoms with van der Waals surface area (Å²) < 4.78 is 4.25. The van der Waals surface area contributed by atoms with E-state index >= 15 is 0 Å². The molecule has 0 unspecified atom stereocenters. The van der Waals surface area contributed by atoms with Crippen molar-refractivity contribution in [3.05, 3.63) is 18.2 Å². The molecule has 145 valence electrons. The van der Waals surface area contributed by atoms with Gasteiger partial charge in [0.05, 0.1) is 0 Å². The Hall–Kier alpha value is 0.500. The first-order chi connectivity index (χ1) is 11.3. The van der Waals surface area contributed by atoms with Gasteiger partial charge >= 0.3 is 57.0 Å². The summed E-state index contributed by atoms with van der Waals surface area (Å²) in [4.78, 5) is 0. The van der Waals surface area contributed by atoms with Gasteiger partial charge in [0, 0.05) is 0 Å². The first-order valence-electron chi connectivity index (χ1n) is 9.80. The summed E-state index contributed by atoms with van der Waals surface area (Å²) in [6.45, 7) is 11.2. The van der Waals surface area contributed by atoms with Crippen molar-refractivity contribution < 1.29 is 20.9 Å². The smallest absolute Gasteiger partial charge is 0.162 e. The summed E-state index contributed by atoms with van der Waals surface area (Å²) in [6.07, 6.45) is 17.1. The van der Waals surface area contributed by atoms with Crippen LogP contribution in [0.3, 0.4) is 0 Å². The van der Waals surface area contributed by atoms with Crippen molar-refractivity contribution in [2.24, 2.45) is 15.2 Å². The van der Waals surface area contributed by atoms with Crippen molar-refractivity contribution in [2.45, 2.75) is 97.9 Å². The van der Waals surface area contributed by atoms with Crippen molar-refractivity contribution in [1.29, 1.82) is 0 Å². The van der Waals surface area contributed by atoms with Crippen LogP contribution >= 0.6 is 0 Å². The summed E-state index contributed by atoms with van der Waals surface area (Å²) in [5.41, 5.74) is 0.258. The molecule has 0 aliphatic heterocycles. The Morgan fingerprint density at radius 2 is 1.21 bits per heavy atom. The van der Waals surface area contributed by atoms with Crippen LogP contribution in [0, 0.1) is 24.7 Å². The molecule has 2 saturated carbocycles. The number of rotatable bonds is 2. The monoisotopic (exact) mass is 504 g/mol. The molecule has 0 bridgehead atoms. The van der Waals surface area contributed by atoms with Gasteiger partial charge in [-0.2, -0.15) is 39.8 Å². The molecular weight excluding hydrogens is 461 g/mol. The first-order valence-corrected chi connectivity index (χ1v) is 11.2. The topological polar surface area (TPSA) is 26.5 Å². The fourth-order valence-electron chi connectivity index (χ4n) is 2.26. The summed E-state index contributed by atoms with van der Waals surface area (Å²) in [6, 6.07) is 0. The Labute approximate surface area is 166 Å². The molecule has 0 N–H and O–H groups in total.